The summed E-state index contributed by atoms with van der Waals surface area (Å²) in [5.74, 6) is 0. The molecule has 2 aromatic rings. The molecule has 3 nitrogen and oxygen atoms in total. The van der Waals surface area contributed by atoms with E-state index in [1.165, 1.54) is 11.1 Å². The van der Waals surface area contributed by atoms with E-state index in [1.807, 2.05) is 24.3 Å². The summed E-state index contributed by atoms with van der Waals surface area (Å²) in [6.07, 6.45) is 3.35. The molecule has 1 atom stereocenters. The molecule has 3 rings (SSSR count). The van der Waals surface area contributed by atoms with Crippen molar-refractivity contribution in [2.24, 2.45) is 0 Å². The normalized spacial score (nSPS) is 16.9. The number of fused-ring (bicyclic) bond motifs is 1. The standard InChI is InChI=1S/C17H16BrN3/c18-15-8-11(10-19)4-7-17(15)21-16-3-1-2-12-9-13(20)5-6-14(12)16/h4-9,16,21H,1-3,20H2. The third-order valence-corrected chi connectivity index (χ3v) is 4.57. The number of hydrogen-bond acceptors (Lipinski definition) is 3. The van der Waals surface area contributed by atoms with Gasteiger partial charge in [0.2, 0.25) is 0 Å². The van der Waals surface area contributed by atoms with E-state index in [4.69, 9.17) is 11.0 Å². The highest BCUT2D eigenvalue weighted by molar-refractivity contribution is 9.10. The number of halogens is 1. The Balaban J connectivity index is 1.89. The largest absolute Gasteiger partial charge is 0.399 e. The Hall–Kier alpha value is -1.99. The fraction of sp³-hybridized carbons (Fsp3) is 0.235. The molecule has 0 heterocycles. The lowest BCUT2D eigenvalue weighted by molar-refractivity contribution is 0.600. The van der Waals surface area contributed by atoms with E-state index in [9.17, 15) is 0 Å². The van der Waals surface area contributed by atoms with Crippen molar-refractivity contribution in [2.45, 2.75) is 25.3 Å². The van der Waals surface area contributed by atoms with Crippen LogP contribution in [0, 0.1) is 11.3 Å². The summed E-state index contributed by atoms with van der Waals surface area (Å²) in [7, 11) is 0. The second kappa shape index (κ2) is 5.79. The van der Waals surface area contributed by atoms with Gasteiger partial charge in [0.15, 0.2) is 0 Å². The maximum absolute atomic E-state index is 8.93. The Labute approximate surface area is 132 Å². The van der Waals surface area contributed by atoms with E-state index in [0.717, 1.165) is 35.1 Å². The number of benzene rings is 2. The van der Waals surface area contributed by atoms with Gasteiger partial charge in [-0.1, -0.05) is 6.07 Å². The number of rotatable bonds is 2. The molecule has 106 valence electrons. The molecule has 0 aliphatic heterocycles. The quantitative estimate of drug-likeness (QED) is 0.796. The van der Waals surface area contributed by atoms with Gasteiger partial charge in [-0.25, -0.2) is 0 Å². The van der Waals surface area contributed by atoms with Crippen LogP contribution in [0.15, 0.2) is 40.9 Å². The molecular weight excluding hydrogens is 326 g/mol. The first-order valence-corrected chi connectivity index (χ1v) is 7.81. The minimum atomic E-state index is 0.290. The van der Waals surface area contributed by atoms with Crippen LogP contribution in [0.5, 0.6) is 0 Å². The molecule has 0 spiro atoms. The molecule has 4 heteroatoms. The van der Waals surface area contributed by atoms with Crippen molar-refractivity contribution in [3.63, 3.8) is 0 Å². The summed E-state index contributed by atoms with van der Waals surface area (Å²) in [6, 6.07) is 14.2. The van der Waals surface area contributed by atoms with Gasteiger partial charge in [0.25, 0.3) is 0 Å². The van der Waals surface area contributed by atoms with Crippen LogP contribution in [-0.4, -0.2) is 0 Å². The monoisotopic (exact) mass is 341 g/mol. The molecule has 0 fully saturated rings. The Morgan fingerprint density at radius 3 is 2.86 bits per heavy atom. The smallest absolute Gasteiger partial charge is 0.0992 e. The summed E-state index contributed by atoms with van der Waals surface area (Å²) >= 11 is 3.53. The second-order valence-corrected chi connectivity index (χ2v) is 6.21. The van der Waals surface area contributed by atoms with E-state index in [0.29, 0.717) is 11.6 Å². The lowest BCUT2D eigenvalue weighted by Crippen LogP contribution is -2.17. The van der Waals surface area contributed by atoms with Crippen molar-refractivity contribution in [1.82, 2.24) is 0 Å². The van der Waals surface area contributed by atoms with Gasteiger partial charge in [-0.2, -0.15) is 5.26 Å². The van der Waals surface area contributed by atoms with E-state index < -0.39 is 0 Å². The predicted octanol–water partition coefficient (Wildman–Crippen LogP) is 4.39. The van der Waals surface area contributed by atoms with Crippen molar-refractivity contribution < 1.29 is 0 Å². The van der Waals surface area contributed by atoms with Crippen LogP contribution in [-0.2, 0) is 6.42 Å². The molecule has 0 bridgehead atoms. The highest BCUT2D eigenvalue weighted by atomic mass is 79.9. The maximum Gasteiger partial charge on any atom is 0.0992 e. The number of nitriles is 1. The summed E-state index contributed by atoms with van der Waals surface area (Å²) in [5, 5.41) is 12.5. The van der Waals surface area contributed by atoms with Crippen LogP contribution in [0.1, 0.15) is 35.6 Å². The first-order chi connectivity index (χ1) is 10.2. The van der Waals surface area contributed by atoms with Crippen molar-refractivity contribution in [1.29, 1.82) is 5.26 Å². The van der Waals surface area contributed by atoms with Gasteiger partial charge in [-0.15, -0.1) is 0 Å². The van der Waals surface area contributed by atoms with Crippen molar-refractivity contribution in [2.75, 3.05) is 11.1 Å². The van der Waals surface area contributed by atoms with E-state index >= 15 is 0 Å². The van der Waals surface area contributed by atoms with E-state index in [-0.39, 0.29) is 0 Å². The fourth-order valence-corrected chi connectivity index (χ4v) is 3.37. The van der Waals surface area contributed by atoms with Gasteiger partial charge in [-0.3, -0.25) is 0 Å². The number of anilines is 2. The SMILES string of the molecule is N#Cc1ccc(NC2CCCc3cc(N)ccc32)c(Br)c1. The summed E-state index contributed by atoms with van der Waals surface area (Å²) in [6.45, 7) is 0. The Morgan fingerprint density at radius 2 is 2.10 bits per heavy atom. The molecule has 2 aromatic carbocycles. The van der Waals surface area contributed by atoms with Crippen molar-refractivity contribution in [3.05, 3.63) is 57.6 Å². The van der Waals surface area contributed by atoms with Crippen molar-refractivity contribution in [3.8, 4) is 6.07 Å². The summed E-state index contributed by atoms with van der Waals surface area (Å²) in [4.78, 5) is 0. The zero-order valence-electron chi connectivity index (χ0n) is 11.6. The van der Waals surface area contributed by atoms with Crippen molar-refractivity contribution >= 4 is 27.3 Å². The van der Waals surface area contributed by atoms with E-state index in [2.05, 4.69) is 39.4 Å². The number of nitrogens with one attached hydrogen (secondary N) is 1. The van der Waals surface area contributed by atoms with Gasteiger partial charge in [-0.05, 0) is 76.7 Å². The maximum atomic E-state index is 8.93. The molecule has 1 aliphatic carbocycles. The van der Waals surface area contributed by atoms with Gasteiger partial charge in [0.05, 0.1) is 17.7 Å². The van der Waals surface area contributed by atoms with Gasteiger partial charge < -0.3 is 11.1 Å². The molecule has 1 aliphatic rings. The molecule has 0 amide bonds. The zero-order valence-corrected chi connectivity index (χ0v) is 13.2. The predicted molar refractivity (Wildman–Crippen MR) is 89.0 cm³/mol. The first-order valence-electron chi connectivity index (χ1n) is 7.02. The average Bonchev–Trinajstić information content (AvgIpc) is 2.49. The van der Waals surface area contributed by atoms with Crippen LogP contribution in [0.2, 0.25) is 0 Å². The number of aryl methyl sites for hydroxylation is 1. The topological polar surface area (TPSA) is 61.8 Å². The minimum absolute atomic E-state index is 0.290. The molecule has 3 N–H and O–H groups in total. The molecule has 0 aromatic heterocycles. The average molecular weight is 342 g/mol. The first kappa shape index (κ1) is 14.0. The third-order valence-electron chi connectivity index (χ3n) is 3.91. The van der Waals surface area contributed by atoms with E-state index in [1.54, 1.807) is 0 Å². The zero-order chi connectivity index (χ0) is 14.8. The van der Waals surface area contributed by atoms with Crippen LogP contribution in [0.4, 0.5) is 11.4 Å². The van der Waals surface area contributed by atoms with Crippen LogP contribution in [0.3, 0.4) is 0 Å². The number of nitrogen functional groups attached to an aromatic ring is 1. The molecule has 0 radical (unpaired) electrons. The van der Waals surface area contributed by atoms with Crippen LogP contribution in [0.25, 0.3) is 0 Å². The number of nitrogens with zero attached hydrogens (tertiary/aromatic N) is 1. The van der Waals surface area contributed by atoms with Gasteiger partial charge >= 0.3 is 0 Å². The number of hydrogen-bond donors (Lipinski definition) is 2. The van der Waals surface area contributed by atoms with Crippen LogP contribution >= 0.6 is 15.9 Å². The Morgan fingerprint density at radius 1 is 1.24 bits per heavy atom. The fourth-order valence-electron chi connectivity index (χ4n) is 2.87. The van der Waals surface area contributed by atoms with Gasteiger partial charge in [0, 0.05) is 15.8 Å². The third kappa shape index (κ3) is 2.88. The lowest BCUT2D eigenvalue weighted by atomic mass is 9.87. The summed E-state index contributed by atoms with van der Waals surface area (Å²) in [5.41, 5.74) is 11.0. The molecular formula is C17H16BrN3. The lowest BCUT2D eigenvalue weighted by Gasteiger charge is -2.28. The van der Waals surface area contributed by atoms with Gasteiger partial charge in [0.1, 0.15) is 0 Å². The minimum Gasteiger partial charge on any atom is -0.399 e. The highest BCUT2D eigenvalue weighted by Crippen LogP contribution is 2.35. The molecule has 0 saturated heterocycles. The molecule has 0 saturated carbocycles. The molecule has 21 heavy (non-hydrogen) atoms. The number of nitrogens with two attached hydrogens (primary N) is 1. The summed E-state index contributed by atoms with van der Waals surface area (Å²) < 4.78 is 0.920. The second-order valence-electron chi connectivity index (χ2n) is 5.35. The molecule has 1 unspecified atom stereocenters. The Kier molecular flexibility index (Phi) is 3.85. The Bertz CT molecular complexity index is 718. The van der Waals surface area contributed by atoms with Crippen LogP contribution < -0.4 is 11.1 Å². The highest BCUT2D eigenvalue weighted by Gasteiger charge is 2.20.